The highest BCUT2D eigenvalue weighted by atomic mass is 79.9. The highest BCUT2D eigenvalue weighted by Gasteiger charge is 2.14. The number of nitrogens with zero attached hydrogens (tertiary/aromatic N) is 2. The van der Waals surface area contributed by atoms with Crippen molar-refractivity contribution < 1.29 is 8.78 Å². The Balaban J connectivity index is 2.24. The lowest BCUT2D eigenvalue weighted by Gasteiger charge is -2.06. The highest BCUT2D eigenvalue weighted by molar-refractivity contribution is 9.10. The van der Waals surface area contributed by atoms with Crippen molar-refractivity contribution in [2.75, 3.05) is 6.54 Å². The second-order valence-electron chi connectivity index (χ2n) is 4.54. The highest BCUT2D eigenvalue weighted by Crippen LogP contribution is 2.22. The van der Waals surface area contributed by atoms with E-state index in [-0.39, 0.29) is 16.6 Å². The number of aryl methyl sites for hydroxylation is 1. The van der Waals surface area contributed by atoms with Crippen LogP contribution in [-0.4, -0.2) is 16.3 Å². The van der Waals surface area contributed by atoms with Crippen LogP contribution in [0.25, 0.3) is 0 Å². The maximum absolute atomic E-state index is 13.9. The lowest BCUT2D eigenvalue weighted by Crippen LogP contribution is -2.11. The summed E-state index contributed by atoms with van der Waals surface area (Å²) in [5, 5.41) is 7.50. The van der Waals surface area contributed by atoms with E-state index in [2.05, 4.69) is 26.3 Å². The zero-order chi connectivity index (χ0) is 14.7. The van der Waals surface area contributed by atoms with Crippen molar-refractivity contribution >= 4 is 15.9 Å². The van der Waals surface area contributed by atoms with E-state index in [0.717, 1.165) is 17.8 Å². The second-order valence-corrected chi connectivity index (χ2v) is 5.39. The number of hydrogen-bond donors (Lipinski definition) is 1. The van der Waals surface area contributed by atoms with Crippen molar-refractivity contribution in [1.82, 2.24) is 15.1 Å². The Morgan fingerprint density at radius 2 is 2.10 bits per heavy atom. The summed E-state index contributed by atoms with van der Waals surface area (Å²) in [6.07, 6.45) is 1.82. The summed E-state index contributed by atoms with van der Waals surface area (Å²) >= 11 is 3.07. The Morgan fingerprint density at radius 3 is 2.80 bits per heavy atom. The molecule has 1 heterocycles. The fourth-order valence-electron chi connectivity index (χ4n) is 1.95. The van der Waals surface area contributed by atoms with Crippen LogP contribution in [-0.2, 0) is 13.1 Å². The molecule has 0 bridgehead atoms. The molecule has 3 nitrogen and oxygen atoms in total. The predicted molar refractivity (Wildman–Crippen MR) is 77.5 cm³/mol. The van der Waals surface area contributed by atoms with Gasteiger partial charge >= 0.3 is 0 Å². The number of hydrogen-bond acceptors (Lipinski definition) is 2. The number of rotatable bonds is 5. The van der Waals surface area contributed by atoms with Crippen molar-refractivity contribution in [2.24, 2.45) is 0 Å². The molecule has 1 aromatic carbocycles. The molecule has 0 aliphatic rings. The van der Waals surface area contributed by atoms with Crippen LogP contribution in [0.3, 0.4) is 0 Å². The van der Waals surface area contributed by atoms with E-state index in [4.69, 9.17) is 0 Å². The average molecular weight is 344 g/mol. The first-order valence-electron chi connectivity index (χ1n) is 6.39. The van der Waals surface area contributed by atoms with Gasteiger partial charge in [0.05, 0.1) is 16.7 Å². The largest absolute Gasteiger partial charge is 0.313 e. The number of aromatic nitrogens is 2. The molecular formula is C14H16BrF2N3. The minimum atomic E-state index is -0.577. The van der Waals surface area contributed by atoms with Crippen molar-refractivity contribution in [3.63, 3.8) is 0 Å². The monoisotopic (exact) mass is 343 g/mol. The molecule has 1 aromatic heterocycles. The lowest BCUT2D eigenvalue weighted by atomic mass is 10.2. The topological polar surface area (TPSA) is 29.9 Å². The molecule has 0 aliphatic heterocycles. The molecule has 0 spiro atoms. The third-order valence-electron chi connectivity index (χ3n) is 3.07. The maximum atomic E-state index is 13.9. The molecule has 6 heteroatoms. The summed E-state index contributed by atoms with van der Waals surface area (Å²) in [4.78, 5) is 0. The minimum Gasteiger partial charge on any atom is -0.313 e. The molecule has 108 valence electrons. The first kappa shape index (κ1) is 15.1. The molecule has 0 radical (unpaired) electrons. The van der Waals surface area contributed by atoms with Crippen molar-refractivity contribution in [3.8, 4) is 0 Å². The molecule has 2 rings (SSSR count). The number of halogens is 3. The summed E-state index contributed by atoms with van der Waals surface area (Å²) in [7, 11) is 0. The van der Waals surface area contributed by atoms with Crippen molar-refractivity contribution in [1.29, 1.82) is 0 Å². The smallest absolute Gasteiger partial charge is 0.145 e. The van der Waals surface area contributed by atoms with E-state index >= 15 is 0 Å². The van der Waals surface area contributed by atoms with Gasteiger partial charge in [-0.05, 0) is 41.5 Å². The number of nitrogens with one attached hydrogen (secondary N) is 1. The van der Waals surface area contributed by atoms with Crippen LogP contribution >= 0.6 is 15.9 Å². The van der Waals surface area contributed by atoms with Crippen LogP contribution in [0.15, 0.2) is 22.8 Å². The van der Waals surface area contributed by atoms with Gasteiger partial charge in [0.1, 0.15) is 11.6 Å². The number of benzene rings is 1. The predicted octanol–water partition coefficient (Wildman–Crippen LogP) is 3.39. The molecule has 2 aromatic rings. The minimum absolute atomic E-state index is 0.0110. The zero-order valence-corrected chi connectivity index (χ0v) is 13.0. The molecule has 1 N–H and O–H groups in total. The van der Waals surface area contributed by atoms with Gasteiger partial charge in [-0.25, -0.2) is 8.78 Å². The molecule has 0 saturated heterocycles. The van der Waals surface area contributed by atoms with Gasteiger partial charge in [-0.3, -0.25) is 4.68 Å². The van der Waals surface area contributed by atoms with Gasteiger partial charge in [0.15, 0.2) is 0 Å². The van der Waals surface area contributed by atoms with E-state index in [9.17, 15) is 8.78 Å². The molecular weight excluding hydrogens is 328 g/mol. The standard InChI is InChI=1S/C14H16BrF2N3/c1-3-18-6-10-7-20(19-9(10)2)8-11-13(16)5-4-12(15)14(11)17/h4-5,7,18H,3,6,8H2,1-2H3. The van der Waals surface area contributed by atoms with Crippen molar-refractivity contribution in [3.05, 3.63) is 51.3 Å². The van der Waals surface area contributed by atoms with Gasteiger partial charge in [-0.15, -0.1) is 0 Å². The van der Waals surface area contributed by atoms with Gasteiger partial charge in [0, 0.05) is 23.9 Å². The fourth-order valence-corrected chi connectivity index (χ4v) is 2.32. The van der Waals surface area contributed by atoms with Crippen LogP contribution in [0.2, 0.25) is 0 Å². The Bertz CT molecular complexity index is 611. The van der Waals surface area contributed by atoms with Crippen LogP contribution in [0, 0.1) is 18.6 Å². The van der Waals surface area contributed by atoms with Gasteiger partial charge in [-0.1, -0.05) is 6.92 Å². The molecule has 0 fully saturated rings. The van der Waals surface area contributed by atoms with Gasteiger partial charge < -0.3 is 5.32 Å². The normalized spacial score (nSPS) is 11.1. The maximum Gasteiger partial charge on any atom is 0.145 e. The van der Waals surface area contributed by atoms with Crippen molar-refractivity contribution in [2.45, 2.75) is 26.9 Å². The van der Waals surface area contributed by atoms with Gasteiger partial charge in [-0.2, -0.15) is 5.10 Å². The first-order chi connectivity index (χ1) is 9.52. The van der Waals surface area contributed by atoms with E-state index in [1.165, 1.54) is 12.1 Å². The Hall–Kier alpha value is -1.27. The fraction of sp³-hybridized carbons (Fsp3) is 0.357. The van der Waals surface area contributed by atoms with E-state index in [1.807, 2.05) is 20.0 Å². The summed E-state index contributed by atoms with van der Waals surface area (Å²) in [6.45, 7) is 5.54. The van der Waals surface area contributed by atoms with E-state index in [1.54, 1.807) is 4.68 Å². The third kappa shape index (κ3) is 3.24. The molecule has 0 aliphatic carbocycles. The SMILES string of the molecule is CCNCc1cn(Cc2c(F)ccc(Br)c2F)nc1C. The molecule has 20 heavy (non-hydrogen) atoms. The molecule has 0 saturated carbocycles. The van der Waals surface area contributed by atoms with Gasteiger partial charge in [0.25, 0.3) is 0 Å². The van der Waals surface area contributed by atoms with Crippen LogP contribution in [0.4, 0.5) is 8.78 Å². The van der Waals surface area contributed by atoms with Crippen LogP contribution in [0.5, 0.6) is 0 Å². The molecule has 0 amide bonds. The molecule has 0 atom stereocenters. The summed E-state index contributed by atoms with van der Waals surface area (Å²) < 4.78 is 29.5. The Morgan fingerprint density at radius 1 is 1.35 bits per heavy atom. The second kappa shape index (κ2) is 6.45. The summed E-state index contributed by atoms with van der Waals surface area (Å²) in [5.74, 6) is -1.14. The Labute approximate surface area is 125 Å². The zero-order valence-electron chi connectivity index (χ0n) is 11.4. The lowest BCUT2D eigenvalue weighted by molar-refractivity contribution is 0.528. The molecule has 0 unspecified atom stereocenters. The Kier molecular flexibility index (Phi) is 4.88. The summed E-state index contributed by atoms with van der Waals surface area (Å²) in [5.41, 5.74) is 1.90. The summed E-state index contributed by atoms with van der Waals surface area (Å²) in [6, 6.07) is 2.61. The van der Waals surface area contributed by atoms with E-state index < -0.39 is 11.6 Å². The van der Waals surface area contributed by atoms with Crippen LogP contribution in [0.1, 0.15) is 23.7 Å². The van der Waals surface area contributed by atoms with Gasteiger partial charge in [0.2, 0.25) is 0 Å². The van der Waals surface area contributed by atoms with E-state index in [0.29, 0.717) is 6.54 Å². The third-order valence-corrected chi connectivity index (χ3v) is 3.68. The van der Waals surface area contributed by atoms with Crippen LogP contribution < -0.4 is 5.32 Å². The quantitative estimate of drug-likeness (QED) is 0.843. The average Bonchev–Trinajstić information content (AvgIpc) is 2.77. The first-order valence-corrected chi connectivity index (χ1v) is 7.18.